The van der Waals surface area contributed by atoms with Gasteiger partial charge in [-0.25, -0.2) is 0 Å². The standard InChI is InChI=1S/C25H29NO3/c1-7-13-23-22(12-6)24(29)26-25(23,18(8-2)14-16-20(27)10-4)19(9-3)15-17-21(28)11-5/h7-17,27-28H,1-2,4H2,3,5-6H3,(H,26,29)/b17-15-,18-14+,19-9+,20-16+,21-11+,22-12+,23-13+. The normalized spacial score (nSPS) is 24.3. The minimum absolute atomic E-state index is 0.0199. The van der Waals surface area contributed by atoms with Crippen molar-refractivity contribution < 1.29 is 15.0 Å². The Bertz CT molecular complexity index is 904. The lowest BCUT2D eigenvalue weighted by atomic mass is 9.75. The van der Waals surface area contributed by atoms with Crippen molar-refractivity contribution in [1.29, 1.82) is 0 Å². The highest BCUT2D eigenvalue weighted by atomic mass is 16.3. The van der Waals surface area contributed by atoms with E-state index in [1.807, 2.05) is 13.0 Å². The average molecular weight is 392 g/mol. The third-order valence-electron chi connectivity index (χ3n) is 4.58. The van der Waals surface area contributed by atoms with Gasteiger partial charge in [0.05, 0.1) is 0 Å². The van der Waals surface area contributed by atoms with E-state index in [9.17, 15) is 15.0 Å². The Labute approximate surface area is 173 Å². The summed E-state index contributed by atoms with van der Waals surface area (Å²) in [6.45, 7) is 16.6. The summed E-state index contributed by atoms with van der Waals surface area (Å²) in [5, 5.41) is 22.8. The molecule has 1 amide bonds. The zero-order chi connectivity index (χ0) is 22.0. The van der Waals surface area contributed by atoms with Crippen LogP contribution in [0.1, 0.15) is 20.8 Å². The van der Waals surface area contributed by atoms with Crippen LogP contribution in [0.3, 0.4) is 0 Å². The van der Waals surface area contributed by atoms with E-state index in [-0.39, 0.29) is 17.4 Å². The summed E-state index contributed by atoms with van der Waals surface area (Å²) >= 11 is 0. The van der Waals surface area contributed by atoms with Crippen molar-refractivity contribution in [3.05, 3.63) is 120 Å². The first-order valence-corrected chi connectivity index (χ1v) is 9.24. The molecule has 0 aromatic rings. The predicted octanol–water partition coefficient (Wildman–Crippen LogP) is 5.62. The summed E-state index contributed by atoms with van der Waals surface area (Å²) in [7, 11) is 0. The van der Waals surface area contributed by atoms with Gasteiger partial charge in [-0.2, -0.15) is 0 Å². The van der Waals surface area contributed by atoms with Crippen LogP contribution in [0.4, 0.5) is 0 Å². The van der Waals surface area contributed by atoms with E-state index in [1.54, 1.807) is 62.5 Å². The zero-order valence-electron chi connectivity index (χ0n) is 17.3. The fraction of sp³-hybridized carbons (Fsp3) is 0.160. The number of aliphatic hydroxyl groups is 2. The number of hydrogen-bond acceptors (Lipinski definition) is 3. The van der Waals surface area contributed by atoms with Crippen molar-refractivity contribution in [3.63, 3.8) is 0 Å². The number of amides is 1. The molecule has 3 N–H and O–H groups in total. The minimum atomic E-state index is -1.08. The Morgan fingerprint density at radius 2 is 1.62 bits per heavy atom. The van der Waals surface area contributed by atoms with E-state index in [2.05, 4.69) is 25.1 Å². The fourth-order valence-electron chi connectivity index (χ4n) is 3.17. The maximum atomic E-state index is 12.8. The van der Waals surface area contributed by atoms with Crippen LogP contribution in [-0.4, -0.2) is 21.7 Å². The maximum absolute atomic E-state index is 12.8. The van der Waals surface area contributed by atoms with Crippen molar-refractivity contribution in [2.45, 2.75) is 26.3 Å². The summed E-state index contributed by atoms with van der Waals surface area (Å²) in [6, 6.07) is 0. The molecule has 4 nitrogen and oxygen atoms in total. The van der Waals surface area contributed by atoms with Crippen LogP contribution in [-0.2, 0) is 4.79 Å². The second kappa shape index (κ2) is 10.7. The van der Waals surface area contributed by atoms with Gasteiger partial charge in [-0.3, -0.25) is 4.79 Å². The lowest BCUT2D eigenvalue weighted by Gasteiger charge is -2.34. The van der Waals surface area contributed by atoms with E-state index in [0.29, 0.717) is 22.3 Å². The van der Waals surface area contributed by atoms with Gasteiger partial charge in [0, 0.05) is 5.57 Å². The summed E-state index contributed by atoms with van der Waals surface area (Å²) in [5.41, 5.74) is 1.46. The number of carbonyl (C=O) groups excluding carboxylic acids is 1. The van der Waals surface area contributed by atoms with Crippen LogP contribution in [0, 0.1) is 0 Å². The molecule has 152 valence electrons. The molecule has 0 radical (unpaired) electrons. The number of rotatable bonds is 8. The lowest BCUT2D eigenvalue weighted by Crippen LogP contribution is -2.45. The number of hydrogen-bond donors (Lipinski definition) is 3. The molecule has 1 unspecified atom stereocenters. The van der Waals surface area contributed by atoms with Crippen LogP contribution in [0.25, 0.3) is 0 Å². The molecular weight excluding hydrogens is 362 g/mol. The minimum Gasteiger partial charge on any atom is -0.508 e. The topological polar surface area (TPSA) is 69.6 Å². The van der Waals surface area contributed by atoms with Crippen molar-refractivity contribution in [2.24, 2.45) is 0 Å². The van der Waals surface area contributed by atoms with Crippen molar-refractivity contribution >= 4 is 5.91 Å². The molecule has 1 fully saturated rings. The SMILES string of the molecule is C=C/C=C1\C(=C/C)C(=O)NC1(/C(C=C)=C/C=C(/O)C=C)C(/C=C\C(O)=C/C)=C/C. The van der Waals surface area contributed by atoms with E-state index in [0.717, 1.165) is 0 Å². The molecule has 1 saturated heterocycles. The number of nitrogens with one attached hydrogen (secondary N) is 1. The summed E-state index contributed by atoms with van der Waals surface area (Å²) in [5.74, 6) is -0.167. The van der Waals surface area contributed by atoms with Crippen molar-refractivity contribution in [3.8, 4) is 0 Å². The van der Waals surface area contributed by atoms with Crippen LogP contribution < -0.4 is 5.32 Å². The smallest absolute Gasteiger partial charge is 0.252 e. The van der Waals surface area contributed by atoms with Crippen LogP contribution in [0.5, 0.6) is 0 Å². The monoisotopic (exact) mass is 391 g/mol. The first-order chi connectivity index (χ1) is 13.9. The Balaban J connectivity index is 3.96. The van der Waals surface area contributed by atoms with E-state index >= 15 is 0 Å². The van der Waals surface area contributed by atoms with Crippen molar-refractivity contribution in [2.75, 3.05) is 0 Å². The van der Waals surface area contributed by atoms with Crippen molar-refractivity contribution in [1.82, 2.24) is 5.32 Å². The van der Waals surface area contributed by atoms with Gasteiger partial charge in [0.15, 0.2) is 0 Å². The number of aliphatic hydroxyl groups excluding tert-OH is 2. The summed E-state index contributed by atoms with van der Waals surface area (Å²) < 4.78 is 0. The summed E-state index contributed by atoms with van der Waals surface area (Å²) in [6.07, 6.45) is 17.9. The molecule has 0 aromatic heterocycles. The Kier molecular flexibility index (Phi) is 8.69. The molecule has 1 atom stereocenters. The Morgan fingerprint density at radius 3 is 2.10 bits per heavy atom. The fourth-order valence-corrected chi connectivity index (χ4v) is 3.17. The molecule has 29 heavy (non-hydrogen) atoms. The highest BCUT2D eigenvalue weighted by Gasteiger charge is 2.48. The molecule has 0 saturated carbocycles. The van der Waals surface area contributed by atoms with Crippen LogP contribution in [0.2, 0.25) is 0 Å². The molecule has 1 heterocycles. The van der Waals surface area contributed by atoms with Gasteiger partial charge in [-0.15, -0.1) is 0 Å². The quantitative estimate of drug-likeness (QED) is 0.286. The third-order valence-corrected chi connectivity index (χ3v) is 4.58. The van der Waals surface area contributed by atoms with Gasteiger partial charge in [0.25, 0.3) is 5.91 Å². The zero-order valence-corrected chi connectivity index (χ0v) is 17.3. The summed E-state index contributed by atoms with van der Waals surface area (Å²) in [4.78, 5) is 12.8. The Hall–Kier alpha value is -3.53. The predicted molar refractivity (Wildman–Crippen MR) is 121 cm³/mol. The number of carbonyl (C=O) groups is 1. The van der Waals surface area contributed by atoms with Gasteiger partial charge < -0.3 is 15.5 Å². The molecule has 0 aliphatic carbocycles. The molecule has 1 aliphatic rings. The van der Waals surface area contributed by atoms with E-state index < -0.39 is 5.54 Å². The molecule has 4 heteroatoms. The molecule has 0 spiro atoms. The van der Waals surface area contributed by atoms with E-state index in [4.69, 9.17) is 0 Å². The maximum Gasteiger partial charge on any atom is 0.252 e. The Morgan fingerprint density at radius 1 is 0.931 bits per heavy atom. The van der Waals surface area contributed by atoms with Gasteiger partial charge in [0.1, 0.15) is 17.1 Å². The second-order valence-electron chi connectivity index (χ2n) is 6.14. The molecule has 1 rings (SSSR count). The molecule has 0 bridgehead atoms. The highest BCUT2D eigenvalue weighted by Crippen LogP contribution is 2.43. The molecular formula is C25H29NO3. The average Bonchev–Trinajstić information content (AvgIpc) is 3.00. The first kappa shape index (κ1) is 23.5. The molecule has 0 aromatic carbocycles. The highest BCUT2D eigenvalue weighted by molar-refractivity contribution is 6.05. The van der Waals surface area contributed by atoms with E-state index in [1.165, 1.54) is 12.2 Å². The number of allylic oxidation sites excluding steroid dienone is 9. The first-order valence-electron chi connectivity index (χ1n) is 9.24. The third kappa shape index (κ3) is 4.85. The van der Waals surface area contributed by atoms with Crippen LogP contribution >= 0.6 is 0 Å². The van der Waals surface area contributed by atoms with Gasteiger partial charge in [0.2, 0.25) is 0 Å². The largest absolute Gasteiger partial charge is 0.508 e. The van der Waals surface area contributed by atoms with Gasteiger partial charge in [-0.05, 0) is 61.8 Å². The second-order valence-corrected chi connectivity index (χ2v) is 6.14. The van der Waals surface area contributed by atoms with Crippen LogP contribution in [0.15, 0.2) is 120 Å². The van der Waals surface area contributed by atoms with Gasteiger partial charge >= 0.3 is 0 Å². The van der Waals surface area contributed by atoms with Gasteiger partial charge in [-0.1, -0.05) is 62.3 Å². The lowest BCUT2D eigenvalue weighted by molar-refractivity contribution is -0.116. The molecule has 1 aliphatic heterocycles.